The van der Waals surface area contributed by atoms with Crippen LogP contribution in [0.2, 0.25) is 0 Å². The third-order valence-corrected chi connectivity index (χ3v) is 4.52. The van der Waals surface area contributed by atoms with Crippen LogP contribution in [-0.2, 0) is 0 Å². The number of carbonyl (C=O) groups is 1. The summed E-state index contributed by atoms with van der Waals surface area (Å²) >= 11 is 6.91. The number of carbonyl (C=O) groups excluding carboxylic acids is 1. The van der Waals surface area contributed by atoms with Crippen molar-refractivity contribution in [1.29, 1.82) is 0 Å². The molecule has 19 heavy (non-hydrogen) atoms. The van der Waals surface area contributed by atoms with Gasteiger partial charge in [0.1, 0.15) is 0 Å². The van der Waals surface area contributed by atoms with Crippen molar-refractivity contribution in [1.82, 2.24) is 0 Å². The second kappa shape index (κ2) is 5.88. The lowest BCUT2D eigenvalue weighted by atomic mass is 10.1. The molecule has 0 saturated carbocycles. The van der Waals surface area contributed by atoms with Crippen LogP contribution in [0.3, 0.4) is 0 Å². The Morgan fingerprint density at radius 2 is 1.84 bits per heavy atom. The summed E-state index contributed by atoms with van der Waals surface area (Å²) in [5, 5.41) is 2.91. The van der Waals surface area contributed by atoms with Gasteiger partial charge in [-0.1, -0.05) is 18.2 Å². The van der Waals surface area contributed by atoms with Crippen LogP contribution in [0, 0.1) is 13.8 Å². The van der Waals surface area contributed by atoms with Gasteiger partial charge in [0.25, 0.3) is 5.91 Å². The maximum atomic E-state index is 12.3. The van der Waals surface area contributed by atoms with Crippen molar-refractivity contribution in [2.75, 3.05) is 5.32 Å². The number of hydrogen-bond donors (Lipinski definition) is 1. The average Bonchev–Trinajstić information content (AvgIpc) is 2.36. The van der Waals surface area contributed by atoms with E-state index in [2.05, 4.69) is 37.2 Å². The van der Waals surface area contributed by atoms with E-state index >= 15 is 0 Å². The van der Waals surface area contributed by atoms with E-state index in [4.69, 9.17) is 0 Å². The largest absolute Gasteiger partial charge is 0.321 e. The predicted octanol–water partition coefficient (Wildman–Crippen LogP) is 5.08. The molecule has 0 aliphatic heterocycles. The molecule has 2 aromatic carbocycles. The van der Waals surface area contributed by atoms with Gasteiger partial charge in [-0.3, -0.25) is 4.79 Å². The minimum atomic E-state index is -0.125. The summed E-state index contributed by atoms with van der Waals surface area (Å²) in [6.07, 6.45) is 0. The normalized spacial score (nSPS) is 10.3. The molecule has 0 aromatic heterocycles. The van der Waals surface area contributed by atoms with E-state index in [0.29, 0.717) is 5.56 Å². The van der Waals surface area contributed by atoms with Crippen LogP contribution in [0.5, 0.6) is 0 Å². The molecular formula is C15H13Br2NO. The lowest BCUT2D eigenvalue weighted by molar-refractivity contribution is 0.102. The number of halogens is 2. The molecule has 98 valence electrons. The highest BCUT2D eigenvalue weighted by atomic mass is 79.9. The lowest BCUT2D eigenvalue weighted by Gasteiger charge is -2.10. The Kier molecular flexibility index (Phi) is 4.42. The number of nitrogens with one attached hydrogen (secondary N) is 1. The summed E-state index contributed by atoms with van der Waals surface area (Å²) in [5.74, 6) is -0.125. The highest BCUT2D eigenvalue weighted by Gasteiger charge is 2.12. The van der Waals surface area contributed by atoms with Crippen molar-refractivity contribution in [3.8, 4) is 0 Å². The van der Waals surface area contributed by atoms with E-state index in [1.807, 2.05) is 44.2 Å². The van der Waals surface area contributed by atoms with Gasteiger partial charge >= 0.3 is 0 Å². The van der Waals surface area contributed by atoms with Gasteiger partial charge < -0.3 is 5.32 Å². The molecule has 0 spiro atoms. The quantitative estimate of drug-likeness (QED) is 0.770. The number of rotatable bonds is 2. The maximum absolute atomic E-state index is 12.3. The van der Waals surface area contributed by atoms with E-state index in [1.165, 1.54) is 0 Å². The van der Waals surface area contributed by atoms with E-state index < -0.39 is 0 Å². The molecule has 1 N–H and O–H groups in total. The molecule has 0 saturated heterocycles. The number of aryl methyl sites for hydroxylation is 2. The molecule has 4 heteroatoms. The first kappa shape index (κ1) is 14.3. The number of anilines is 1. The zero-order chi connectivity index (χ0) is 14.0. The first-order valence-electron chi connectivity index (χ1n) is 5.81. The maximum Gasteiger partial charge on any atom is 0.256 e. The molecule has 2 aromatic rings. The van der Waals surface area contributed by atoms with Crippen molar-refractivity contribution < 1.29 is 4.79 Å². The third kappa shape index (κ3) is 3.25. The number of benzene rings is 2. The summed E-state index contributed by atoms with van der Waals surface area (Å²) in [4.78, 5) is 12.3. The second-order valence-corrected chi connectivity index (χ2v) is 6.02. The Labute approximate surface area is 129 Å². The standard InChI is InChI=1S/C15H13Br2NO/c1-9-6-7-13(12(16)8-9)18-15(19)11-5-3-4-10(2)14(11)17/h3-8H,1-2H3,(H,18,19). The Hall–Kier alpha value is -1.13. The van der Waals surface area contributed by atoms with Crippen LogP contribution in [0.15, 0.2) is 45.3 Å². The molecule has 2 rings (SSSR count). The van der Waals surface area contributed by atoms with Crippen molar-refractivity contribution in [3.63, 3.8) is 0 Å². The Balaban J connectivity index is 2.28. The zero-order valence-corrected chi connectivity index (χ0v) is 13.8. The van der Waals surface area contributed by atoms with Crippen molar-refractivity contribution in [3.05, 3.63) is 62.0 Å². The van der Waals surface area contributed by atoms with Gasteiger partial charge in [0.2, 0.25) is 0 Å². The fraction of sp³-hybridized carbons (Fsp3) is 0.133. The number of hydrogen-bond acceptors (Lipinski definition) is 1. The summed E-state index contributed by atoms with van der Waals surface area (Å²) < 4.78 is 1.71. The van der Waals surface area contributed by atoms with Crippen molar-refractivity contribution >= 4 is 43.5 Å². The molecule has 0 unspecified atom stereocenters. The van der Waals surface area contributed by atoms with Crippen molar-refractivity contribution in [2.45, 2.75) is 13.8 Å². The Morgan fingerprint density at radius 1 is 1.11 bits per heavy atom. The first-order valence-corrected chi connectivity index (χ1v) is 7.40. The van der Waals surface area contributed by atoms with Gasteiger partial charge in [-0.05, 0) is 75.0 Å². The van der Waals surface area contributed by atoms with Gasteiger partial charge in [-0.25, -0.2) is 0 Å². The van der Waals surface area contributed by atoms with Gasteiger partial charge in [0.05, 0.1) is 11.3 Å². The van der Waals surface area contributed by atoms with Crippen LogP contribution in [0.25, 0.3) is 0 Å². The smallest absolute Gasteiger partial charge is 0.256 e. The van der Waals surface area contributed by atoms with Crippen LogP contribution < -0.4 is 5.32 Å². The van der Waals surface area contributed by atoms with E-state index in [9.17, 15) is 4.79 Å². The monoisotopic (exact) mass is 381 g/mol. The Morgan fingerprint density at radius 3 is 2.53 bits per heavy atom. The summed E-state index contributed by atoms with van der Waals surface area (Å²) in [6, 6.07) is 11.5. The third-order valence-electron chi connectivity index (χ3n) is 2.81. The summed E-state index contributed by atoms with van der Waals surface area (Å²) in [7, 11) is 0. The molecule has 0 bridgehead atoms. The fourth-order valence-corrected chi connectivity index (χ4v) is 2.77. The zero-order valence-electron chi connectivity index (χ0n) is 10.6. The van der Waals surface area contributed by atoms with Crippen LogP contribution in [0.1, 0.15) is 21.5 Å². The Bertz CT molecular complexity index is 638. The van der Waals surface area contributed by atoms with Gasteiger partial charge in [0.15, 0.2) is 0 Å². The predicted molar refractivity (Wildman–Crippen MR) is 85.7 cm³/mol. The highest BCUT2D eigenvalue weighted by Crippen LogP contribution is 2.26. The van der Waals surface area contributed by atoms with Crippen LogP contribution in [-0.4, -0.2) is 5.91 Å². The molecule has 1 amide bonds. The van der Waals surface area contributed by atoms with E-state index in [0.717, 1.165) is 25.8 Å². The molecule has 0 fully saturated rings. The van der Waals surface area contributed by atoms with Crippen LogP contribution in [0.4, 0.5) is 5.69 Å². The molecule has 0 heterocycles. The summed E-state index contributed by atoms with van der Waals surface area (Å²) in [6.45, 7) is 3.97. The average molecular weight is 383 g/mol. The van der Waals surface area contributed by atoms with E-state index in [-0.39, 0.29) is 5.91 Å². The van der Waals surface area contributed by atoms with E-state index in [1.54, 1.807) is 6.07 Å². The minimum Gasteiger partial charge on any atom is -0.321 e. The number of amides is 1. The highest BCUT2D eigenvalue weighted by molar-refractivity contribution is 9.11. The summed E-state index contributed by atoms with van der Waals surface area (Å²) in [5.41, 5.74) is 3.58. The first-order chi connectivity index (χ1) is 8.99. The van der Waals surface area contributed by atoms with Crippen LogP contribution >= 0.6 is 31.9 Å². The molecule has 0 radical (unpaired) electrons. The molecule has 0 aliphatic carbocycles. The van der Waals surface area contributed by atoms with Gasteiger partial charge in [-0.15, -0.1) is 0 Å². The van der Waals surface area contributed by atoms with Crippen molar-refractivity contribution in [2.24, 2.45) is 0 Å². The molecule has 0 atom stereocenters. The SMILES string of the molecule is Cc1ccc(NC(=O)c2cccc(C)c2Br)c(Br)c1. The lowest BCUT2D eigenvalue weighted by Crippen LogP contribution is -2.13. The molecule has 0 aliphatic rings. The molecular weight excluding hydrogens is 370 g/mol. The van der Waals surface area contributed by atoms with Gasteiger partial charge in [0, 0.05) is 8.95 Å². The minimum absolute atomic E-state index is 0.125. The fourth-order valence-electron chi connectivity index (χ4n) is 1.73. The second-order valence-electron chi connectivity index (χ2n) is 4.37. The molecule has 2 nitrogen and oxygen atoms in total. The topological polar surface area (TPSA) is 29.1 Å². The van der Waals surface area contributed by atoms with Gasteiger partial charge in [-0.2, -0.15) is 0 Å².